The number of carbonyl (C=O) groups is 1. The molecule has 0 unspecified atom stereocenters. The van der Waals surface area contributed by atoms with E-state index in [0.29, 0.717) is 11.7 Å². The highest BCUT2D eigenvalue weighted by molar-refractivity contribution is 5.92. The first-order valence-corrected chi connectivity index (χ1v) is 7.84. The maximum Gasteiger partial charge on any atom is 0.274 e. The number of rotatable bonds is 2. The highest BCUT2D eigenvalue weighted by Crippen LogP contribution is 2.23. The Bertz CT molecular complexity index is 451. The van der Waals surface area contributed by atoms with Crippen LogP contribution in [0.5, 0.6) is 0 Å². The second-order valence-electron chi connectivity index (χ2n) is 5.98. The molecule has 1 amide bonds. The maximum atomic E-state index is 12.6. The first-order valence-electron chi connectivity index (χ1n) is 7.84. The Morgan fingerprint density at radius 2 is 2.05 bits per heavy atom. The van der Waals surface area contributed by atoms with Crippen LogP contribution in [0.25, 0.3) is 0 Å². The fraction of sp³-hybridized carbons (Fsp3) is 0.733. The van der Waals surface area contributed by atoms with Gasteiger partial charge in [0.05, 0.1) is 0 Å². The van der Waals surface area contributed by atoms with Crippen molar-refractivity contribution in [3.05, 3.63) is 11.9 Å². The standard InChI is InChI=1S/C15H24N4O/c1-18(12-7-4-2-3-5-8-12)14(20)13-11-19-10-6-9-16-15(19)17-13/h11-12H,2-10H2,1H3,(H,16,17). The van der Waals surface area contributed by atoms with Crippen LogP contribution in [0.1, 0.15) is 55.4 Å². The molecule has 1 aliphatic carbocycles. The number of carbonyl (C=O) groups excluding carboxylic acids is 1. The maximum absolute atomic E-state index is 12.6. The minimum Gasteiger partial charge on any atom is -0.356 e. The number of aryl methyl sites for hydroxylation is 1. The lowest BCUT2D eigenvalue weighted by Gasteiger charge is -2.26. The molecule has 3 rings (SSSR count). The van der Waals surface area contributed by atoms with Crippen LogP contribution in [-0.2, 0) is 6.54 Å². The van der Waals surface area contributed by atoms with Gasteiger partial charge in [0.2, 0.25) is 5.95 Å². The van der Waals surface area contributed by atoms with Gasteiger partial charge in [-0.15, -0.1) is 0 Å². The summed E-state index contributed by atoms with van der Waals surface area (Å²) in [5.74, 6) is 0.912. The number of hydrogen-bond acceptors (Lipinski definition) is 3. The van der Waals surface area contributed by atoms with Crippen molar-refractivity contribution < 1.29 is 4.79 Å². The normalized spacial score (nSPS) is 19.9. The fourth-order valence-electron chi connectivity index (χ4n) is 3.27. The summed E-state index contributed by atoms with van der Waals surface area (Å²) in [6.07, 6.45) is 10.4. The molecule has 1 aliphatic heterocycles. The van der Waals surface area contributed by atoms with Crippen molar-refractivity contribution in [1.82, 2.24) is 14.5 Å². The minimum atomic E-state index is 0.0700. The second-order valence-corrected chi connectivity index (χ2v) is 5.98. The molecule has 1 aromatic rings. The van der Waals surface area contributed by atoms with Crippen LogP contribution in [0.4, 0.5) is 5.95 Å². The van der Waals surface area contributed by atoms with Crippen LogP contribution < -0.4 is 5.32 Å². The van der Waals surface area contributed by atoms with Crippen molar-refractivity contribution in [2.75, 3.05) is 18.9 Å². The van der Waals surface area contributed by atoms with Crippen molar-refractivity contribution in [3.8, 4) is 0 Å². The largest absolute Gasteiger partial charge is 0.356 e. The van der Waals surface area contributed by atoms with Gasteiger partial charge >= 0.3 is 0 Å². The monoisotopic (exact) mass is 276 g/mol. The van der Waals surface area contributed by atoms with E-state index in [1.165, 1.54) is 25.7 Å². The molecule has 1 aromatic heterocycles. The van der Waals surface area contributed by atoms with Gasteiger partial charge in [-0.1, -0.05) is 25.7 Å². The Morgan fingerprint density at radius 3 is 2.75 bits per heavy atom. The molecule has 0 atom stereocenters. The van der Waals surface area contributed by atoms with Gasteiger partial charge in [0.15, 0.2) is 0 Å². The van der Waals surface area contributed by atoms with E-state index in [1.54, 1.807) is 0 Å². The lowest BCUT2D eigenvalue weighted by atomic mass is 10.1. The third-order valence-electron chi connectivity index (χ3n) is 4.55. The number of hydrogen-bond donors (Lipinski definition) is 1. The first-order chi connectivity index (χ1) is 9.75. The Balaban J connectivity index is 1.72. The predicted molar refractivity (Wildman–Crippen MR) is 78.9 cm³/mol. The zero-order valence-corrected chi connectivity index (χ0v) is 12.3. The summed E-state index contributed by atoms with van der Waals surface area (Å²) in [6, 6.07) is 0.386. The molecule has 1 N–H and O–H groups in total. The van der Waals surface area contributed by atoms with E-state index in [1.807, 2.05) is 18.1 Å². The van der Waals surface area contributed by atoms with Crippen molar-refractivity contribution in [2.45, 2.75) is 57.5 Å². The van der Waals surface area contributed by atoms with Crippen LogP contribution in [0.3, 0.4) is 0 Å². The molecule has 5 heteroatoms. The van der Waals surface area contributed by atoms with Gasteiger partial charge in [0.25, 0.3) is 5.91 Å². The van der Waals surface area contributed by atoms with Gasteiger partial charge in [0.1, 0.15) is 5.69 Å². The number of imidazole rings is 1. The summed E-state index contributed by atoms with van der Waals surface area (Å²) >= 11 is 0. The number of fused-ring (bicyclic) bond motifs is 1. The molecule has 2 heterocycles. The quantitative estimate of drug-likeness (QED) is 0.844. The van der Waals surface area contributed by atoms with Crippen LogP contribution in [-0.4, -0.2) is 40.0 Å². The smallest absolute Gasteiger partial charge is 0.274 e. The molecule has 0 saturated heterocycles. The van der Waals surface area contributed by atoms with Gasteiger partial charge in [-0.3, -0.25) is 4.79 Å². The zero-order chi connectivity index (χ0) is 13.9. The van der Waals surface area contributed by atoms with Crippen molar-refractivity contribution in [1.29, 1.82) is 0 Å². The highest BCUT2D eigenvalue weighted by atomic mass is 16.2. The minimum absolute atomic E-state index is 0.0700. The molecule has 20 heavy (non-hydrogen) atoms. The molecule has 0 bridgehead atoms. The predicted octanol–water partition coefficient (Wildman–Crippen LogP) is 2.49. The van der Waals surface area contributed by atoms with Crippen LogP contribution >= 0.6 is 0 Å². The van der Waals surface area contributed by atoms with Gasteiger partial charge in [-0.05, 0) is 19.3 Å². The second kappa shape index (κ2) is 5.85. The number of nitrogens with zero attached hydrogens (tertiary/aromatic N) is 3. The Hall–Kier alpha value is -1.52. The van der Waals surface area contributed by atoms with E-state index in [0.717, 1.165) is 38.3 Å². The molecule has 0 aromatic carbocycles. The van der Waals surface area contributed by atoms with Crippen molar-refractivity contribution >= 4 is 11.9 Å². The third-order valence-corrected chi connectivity index (χ3v) is 4.55. The molecule has 2 aliphatic rings. The zero-order valence-electron chi connectivity index (χ0n) is 12.3. The lowest BCUT2D eigenvalue weighted by molar-refractivity contribution is 0.0712. The molecular formula is C15H24N4O. The van der Waals surface area contributed by atoms with Gasteiger partial charge in [0, 0.05) is 32.4 Å². The van der Waals surface area contributed by atoms with Crippen LogP contribution in [0, 0.1) is 0 Å². The van der Waals surface area contributed by atoms with Crippen molar-refractivity contribution in [3.63, 3.8) is 0 Å². The Morgan fingerprint density at radius 1 is 1.30 bits per heavy atom. The lowest BCUT2D eigenvalue weighted by Crippen LogP contribution is -2.36. The van der Waals surface area contributed by atoms with E-state index >= 15 is 0 Å². The number of amides is 1. The SMILES string of the molecule is CN(C(=O)c1cn2c(n1)NCCC2)C1CCCCCC1. The third kappa shape index (κ3) is 2.67. The molecule has 5 nitrogen and oxygen atoms in total. The van der Waals surface area contributed by atoms with E-state index in [-0.39, 0.29) is 5.91 Å². The van der Waals surface area contributed by atoms with E-state index in [2.05, 4.69) is 14.9 Å². The van der Waals surface area contributed by atoms with E-state index in [4.69, 9.17) is 0 Å². The summed E-state index contributed by atoms with van der Waals surface area (Å²) in [7, 11) is 1.93. The summed E-state index contributed by atoms with van der Waals surface area (Å²) in [5, 5.41) is 3.25. The number of aromatic nitrogens is 2. The summed E-state index contributed by atoms with van der Waals surface area (Å²) < 4.78 is 2.05. The van der Waals surface area contributed by atoms with E-state index in [9.17, 15) is 4.79 Å². The molecule has 110 valence electrons. The fourth-order valence-corrected chi connectivity index (χ4v) is 3.27. The van der Waals surface area contributed by atoms with Gasteiger partial charge in [-0.25, -0.2) is 4.98 Å². The summed E-state index contributed by atoms with van der Waals surface area (Å²) in [5.41, 5.74) is 0.584. The molecule has 1 saturated carbocycles. The van der Waals surface area contributed by atoms with Gasteiger partial charge < -0.3 is 14.8 Å². The van der Waals surface area contributed by atoms with Crippen LogP contribution in [0.2, 0.25) is 0 Å². The molecule has 0 spiro atoms. The molecule has 1 fully saturated rings. The van der Waals surface area contributed by atoms with Gasteiger partial charge in [-0.2, -0.15) is 0 Å². The summed E-state index contributed by atoms with van der Waals surface area (Å²) in [4.78, 5) is 19.0. The van der Waals surface area contributed by atoms with Crippen LogP contribution in [0.15, 0.2) is 6.20 Å². The van der Waals surface area contributed by atoms with E-state index < -0.39 is 0 Å². The first kappa shape index (κ1) is 13.5. The molecule has 0 radical (unpaired) electrons. The summed E-state index contributed by atoms with van der Waals surface area (Å²) in [6.45, 7) is 1.90. The average Bonchev–Trinajstić information content (AvgIpc) is 2.72. The number of anilines is 1. The topological polar surface area (TPSA) is 50.2 Å². The molecular weight excluding hydrogens is 252 g/mol. The Kier molecular flexibility index (Phi) is 3.94. The number of nitrogens with one attached hydrogen (secondary N) is 1. The Labute approximate surface area is 120 Å². The average molecular weight is 276 g/mol. The van der Waals surface area contributed by atoms with Crippen molar-refractivity contribution in [2.24, 2.45) is 0 Å². The highest BCUT2D eigenvalue weighted by Gasteiger charge is 2.25.